The van der Waals surface area contributed by atoms with E-state index in [9.17, 15) is 14.4 Å². The molecule has 0 aliphatic rings. The van der Waals surface area contributed by atoms with Gasteiger partial charge in [-0.1, -0.05) is 19.1 Å². The van der Waals surface area contributed by atoms with E-state index in [4.69, 9.17) is 4.74 Å². The standard InChI is InChI=1S/C23H27N3O4S/c1-6-16-8-10-17(11-9-16)25-18(28)12-26-21(23(29)30-7-2)20(24-15(5)27)19-13(3)14(4)31-22(19)26/h8-11H,6-7,12H2,1-5H3,(H,24,27)(H,25,28). The zero-order valence-electron chi connectivity index (χ0n) is 18.4. The van der Waals surface area contributed by atoms with Crippen LogP contribution in [-0.2, 0) is 27.3 Å². The summed E-state index contributed by atoms with van der Waals surface area (Å²) in [5.74, 6) is -1.15. The molecule has 2 N–H and O–H groups in total. The molecule has 0 saturated carbocycles. The molecule has 31 heavy (non-hydrogen) atoms. The Balaban J connectivity index is 2.05. The van der Waals surface area contributed by atoms with Gasteiger partial charge in [-0.25, -0.2) is 4.79 Å². The van der Waals surface area contributed by atoms with Crippen LogP contribution in [0.2, 0.25) is 0 Å². The third-order valence-corrected chi connectivity index (χ3v) is 6.32. The van der Waals surface area contributed by atoms with E-state index < -0.39 is 5.97 Å². The largest absolute Gasteiger partial charge is 0.461 e. The van der Waals surface area contributed by atoms with Crippen molar-refractivity contribution < 1.29 is 19.1 Å². The summed E-state index contributed by atoms with van der Waals surface area (Å²) in [5, 5.41) is 6.43. The van der Waals surface area contributed by atoms with Gasteiger partial charge in [-0.15, -0.1) is 11.3 Å². The number of nitrogens with zero attached hydrogens (tertiary/aromatic N) is 1. The number of fused-ring (bicyclic) bond motifs is 1. The van der Waals surface area contributed by atoms with Gasteiger partial charge in [-0.05, 0) is 50.5 Å². The Labute approximate surface area is 185 Å². The molecule has 0 fully saturated rings. The van der Waals surface area contributed by atoms with Gasteiger partial charge in [0.15, 0.2) is 5.69 Å². The number of thiophene rings is 1. The lowest BCUT2D eigenvalue weighted by Crippen LogP contribution is -2.23. The summed E-state index contributed by atoms with van der Waals surface area (Å²) >= 11 is 1.48. The molecule has 7 nitrogen and oxygen atoms in total. The number of hydrogen-bond donors (Lipinski definition) is 2. The number of hydrogen-bond acceptors (Lipinski definition) is 5. The normalized spacial score (nSPS) is 10.9. The summed E-state index contributed by atoms with van der Waals surface area (Å²) in [6.45, 7) is 9.19. The third-order valence-electron chi connectivity index (χ3n) is 5.09. The molecule has 0 aliphatic heterocycles. The number of ether oxygens (including phenoxy) is 1. The molecule has 0 aliphatic carbocycles. The molecule has 0 radical (unpaired) electrons. The zero-order valence-corrected chi connectivity index (χ0v) is 19.2. The zero-order chi connectivity index (χ0) is 22.7. The van der Waals surface area contributed by atoms with Crippen LogP contribution in [0.3, 0.4) is 0 Å². The van der Waals surface area contributed by atoms with Crippen molar-refractivity contribution in [3.63, 3.8) is 0 Å². The molecule has 8 heteroatoms. The Bertz CT molecular complexity index is 1140. The van der Waals surface area contributed by atoms with E-state index in [1.54, 1.807) is 11.5 Å². The van der Waals surface area contributed by atoms with E-state index in [-0.39, 0.29) is 30.7 Å². The number of aryl methyl sites for hydroxylation is 3. The fraction of sp³-hybridized carbons (Fsp3) is 0.348. The van der Waals surface area contributed by atoms with Crippen LogP contribution in [0.15, 0.2) is 24.3 Å². The topological polar surface area (TPSA) is 89.4 Å². The number of amides is 2. The maximum absolute atomic E-state index is 12.9. The number of anilines is 2. The predicted octanol–water partition coefficient (Wildman–Crippen LogP) is 4.66. The maximum Gasteiger partial charge on any atom is 0.357 e. The second kappa shape index (κ2) is 9.34. The second-order valence-corrected chi connectivity index (χ2v) is 8.48. The lowest BCUT2D eigenvalue weighted by Gasteiger charge is -2.12. The van der Waals surface area contributed by atoms with Gasteiger partial charge in [0, 0.05) is 22.9 Å². The van der Waals surface area contributed by atoms with Crippen molar-refractivity contribution >= 4 is 50.7 Å². The van der Waals surface area contributed by atoms with Crippen molar-refractivity contribution in [3.8, 4) is 0 Å². The quantitative estimate of drug-likeness (QED) is 0.522. The molecule has 1 aromatic carbocycles. The fourth-order valence-electron chi connectivity index (χ4n) is 3.48. The molecule has 3 aromatic rings. The van der Waals surface area contributed by atoms with Crippen LogP contribution in [0, 0.1) is 13.8 Å². The first-order chi connectivity index (χ1) is 14.8. The van der Waals surface area contributed by atoms with E-state index >= 15 is 0 Å². The van der Waals surface area contributed by atoms with Crippen LogP contribution in [-0.4, -0.2) is 29.0 Å². The highest BCUT2D eigenvalue weighted by Gasteiger charge is 2.29. The lowest BCUT2D eigenvalue weighted by atomic mass is 10.1. The molecule has 0 saturated heterocycles. The number of rotatable bonds is 7. The highest BCUT2D eigenvalue weighted by Crippen LogP contribution is 2.40. The van der Waals surface area contributed by atoms with E-state index in [0.717, 1.165) is 27.1 Å². The van der Waals surface area contributed by atoms with Crippen LogP contribution < -0.4 is 10.6 Å². The van der Waals surface area contributed by atoms with E-state index in [2.05, 4.69) is 17.6 Å². The molecule has 0 spiro atoms. The van der Waals surface area contributed by atoms with Crippen molar-refractivity contribution in [1.29, 1.82) is 0 Å². The maximum atomic E-state index is 12.9. The Morgan fingerprint density at radius 2 is 1.74 bits per heavy atom. The monoisotopic (exact) mass is 441 g/mol. The molecule has 0 unspecified atom stereocenters. The Hall–Kier alpha value is -3.13. The fourth-order valence-corrected chi connectivity index (χ4v) is 4.65. The number of aromatic nitrogens is 1. The minimum atomic E-state index is -0.577. The van der Waals surface area contributed by atoms with Crippen LogP contribution >= 0.6 is 11.3 Å². The van der Waals surface area contributed by atoms with Gasteiger partial charge >= 0.3 is 5.97 Å². The summed E-state index contributed by atoms with van der Waals surface area (Å²) in [4.78, 5) is 39.4. The second-order valence-electron chi connectivity index (χ2n) is 7.27. The first-order valence-corrected chi connectivity index (χ1v) is 11.0. The minimum Gasteiger partial charge on any atom is -0.461 e. The van der Waals surface area contributed by atoms with Crippen molar-refractivity contribution in [2.75, 3.05) is 17.2 Å². The Kier molecular flexibility index (Phi) is 6.80. The summed E-state index contributed by atoms with van der Waals surface area (Å²) < 4.78 is 6.89. The number of nitrogens with one attached hydrogen (secondary N) is 2. The van der Waals surface area contributed by atoms with E-state index in [1.165, 1.54) is 23.8 Å². The van der Waals surface area contributed by atoms with Gasteiger partial charge in [0.05, 0.1) is 12.3 Å². The summed E-state index contributed by atoms with van der Waals surface area (Å²) in [6.07, 6.45) is 0.918. The first kappa shape index (κ1) is 22.6. The third kappa shape index (κ3) is 4.64. The van der Waals surface area contributed by atoms with Gasteiger partial charge in [0.25, 0.3) is 0 Å². The highest BCUT2D eigenvalue weighted by molar-refractivity contribution is 7.19. The molecular formula is C23H27N3O4S. The first-order valence-electron chi connectivity index (χ1n) is 10.2. The van der Waals surface area contributed by atoms with Crippen LogP contribution in [0.1, 0.15) is 47.3 Å². The smallest absolute Gasteiger partial charge is 0.357 e. The highest BCUT2D eigenvalue weighted by atomic mass is 32.1. The van der Waals surface area contributed by atoms with Gasteiger partial charge < -0.3 is 19.9 Å². The number of benzene rings is 1. The number of esters is 1. The van der Waals surface area contributed by atoms with Gasteiger partial charge in [0.2, 0.25) is 11.8 Å². The minimum absolute atomic E-state index is 0.0842. The molecule has 0 bridgehead atoms. The molecule has 2 aromatic heterocycles. The molecule has 0 atom stereocenters. The van der Waals surface area contributed by atoms with Crippen LogP contribution in [0.25, 0.3) is 10.2 Å². The number of carbonyl (C=O) groups is 3. The van der Waals surface area contributed by atoms with Crippen LogP contribution in [0.4, 0.5) is 11.4 Å². The Morgan fingerprint density at radius 1 is 1.06 bits per heavy atom. The Morgan fingerprint density at radius 3 is 2.32 bits per heavy atom. The average Bonchev–Trinajstić information content (AvgIpc) is 3.16. The van der Waals surface area contributed by atoms with Gasteiger partial charge in [-0.2, -0.15) is 0 Å². The van der Waals surface area contributed by atoms with Crippen molar-refractivity contribution in [3.05, 3.63) is 46.0 Å². The van der Waals surface area contributed by atoms with E-state index in [1.807, 2.05) is 38.1 Å². The van der Waals surface area contributed by atoms with Crippen LogP contribution in [0.5, 0.6) is 0 Å². The molecule has 2 heterocycles. The predicted molar refractivity (Wildman–Crippen MR) is 124 cm³/mol. The van der Waals surface area contributed by atoms with Crippen molar-refractivity contribution in [2.24, 2.45) is 0 Å². The van der Waals surface area contributed by atoms with Crippen molar-refractivity contribution in [2.45, 2.75) is 47.6 Å². The van der Waals surface area contributed by atoms with Gasteiger partial charge in [-0.3, -0.25) is 9.59 Å². The lowest BCUT2D eigenvalue weighted by molar-refractivity contribution is -0.116. The average molecular weight is 442 g/mol. The molecule has 2 amide bonds. The molecule has 3 rings (SSSR count). The molecule has 164 valence electrons. The summed E-state index contributed by atoms with van der Waals surface area (Å²) in [6, 6.07) is 7.65. The summed E-state index contributed by atoms with van der Waals surface area (Å²) in [5.41, 5.74) is 3.40. The molecular weight excluding hydrogens is 414 g/mol. The van der Waals surface area contributed by atoms with Gasteiger partial charge in [0.1, 0.15) is 11.4 Å². The van der Waals surface area contributed by atoms with Crippen molar-refractivity contribution in [1.82, 2.24) is 4.57 Å². The summed E-state index contributed by atoms with van der Waals surface area (Å²) in [7, 11) is 0. The van der Waals surface area contributed by atoms with E-state index in [0.29, 0.717) is 11.4 Å². The number of carbonyl (C=O) groups excluding carboxylic acids is 3. The SMILES string of the molecule is CCOC(=O)c1c(NC(C)=O)c2c(C)c(C)sc2n1CC(=O)Nc1ccc(CC)cc1.